The summed E-state index contributed by atoms with van der Waals surface area (Å²) in [6.07, 6.45) is 0. The summed E-state index contributed by atoms with van der Waals surface area (Å²) in [7, 11) is 0. The van der Waals surface area contributed by atoms with Gasteiger partial charge in [0.05, 0.1) is 19.3 Å². The maximum Gasteiger partial charge on any atom is 0.317 e. The zero-order valence-corrected chi connectivity index (χ0v) is 12.5. The largest absolute Gasteiger partial charge is 0.378 e. The number of hydrogen-bond acceptors (Lipinski definition) is 5. The van der Waals surface area contributed by atoms with Gasteiger partial charge in [0.1, 0.15) is 0 Å². The molecule has 1 N–H and O–H groups in total. The number of nitrogens with one attached hydrogen (secondary N) is 1. The minimum Gasteiger partial charge on any atom is -0.378 e. The normalized spacial score (nSPS) is 19.3. The molecule has 7 nitrogen and oxygen atoms in total. The number of aromatic nitrogens is 2. The number of morpholine rings is 1. The van der Waals surface area contributed by atoms with Gasteiger partial charge < -0.3 is 19.9 Å². The van der Waals surface area contributed by atoms with Crippen LogP contribution in [0.25, 0.3) is 0 Å². The second kappa shape index (κ2) is 5.85. The standard InChI is InChI=1S/C14H21N5O2/c1-10-7-11(2)16-13(15-10)19-8-12(9-19)17-14(20)18-3-5-21-6-4-18/h7,12H,3-6,8-9H2,1-2H3,(H,17,20). The van der Waals surface area contributed by atoms with Crippen molar-refractivity contribution in [3.63, 3.8) is 0 Å². The fourth-order valence-electron chi connectivity index (χ4n) is 2.61. The molecule has 3 heterocycles. The molecular formula is C14H21N5O2. The Bertz CT molecular complexity index is 504. The van der Waals surface area contributed by atoms with E-state index < -0.39 is 0 Å². The van der Waals surface area contributed by atoms with E-state index in [-0.39, 0.29) is 12.1 Å². The molecule has 2 aliphatic rings. The second-order valence-corrected chi connectivity index (χ2v) is 5.60. The van der Waals surface area contributed by atoms with Gasteiger partial charge in [0.2, 0.25) is 5.95 Å². The number of urea groups is 1. The lowest BCUT2D eigenvalue weighted by Gasteiger charge is -2.40. The molecule has 2 aliphatic heterocycles. The number of aryl methyl sites for hydroxylation is 2. The van der Waals surface area contributed by atoms with Gasteiger partial charge in [0.15, 0.2) is 0 Å². The summed E-state index contributed by atoms with van der Waals surface area (Å²) in [5.74, 6) is 0.754. The first-order chi connectivity index (χ1) is 10.1. The average molecular weight is 291 g/mol. The van der Waals surface area contributed by atoms with Crippen LogP contribution in [0.1, 0.15) is 11.4 Å². The molecule has 0 aliphatic carbocycles. The third kappa shape index (κ3) is 3.24. The molecule has 0 spiro atoms. The predicted octanol–water partition coefficient (Wildman–Crippen LogP) is 0.324. The zero-order chi connectivity index (χ0) is 14.8. The number of anilines is 1. The number of ether oxygens (including phenoxy) is 1. The first-order valence-electron chi connectivity index (χ1n) is 7.32. The van der Waals surface area contributed by atoms with Crippen LogP contribution < -0.4 is 10.2 Å². The Morgan fingerprint density at radius 2 is 1.86 bits per heavy atom. The maximum absolute atomic E-state index is 12.1. The number of carbonyl (C=O) groups excluding carboxylic acids is 1. The van der Waals surface area contributed by atoms with E-state index >= 15 is 0 Å². The summed E-state index contributed by atoms with van der Waals surface area (Å²) < 4.78 is 5.25. The summed E-state index contributed by atoms with van der Waals surface area (Å²) in [6, 6.07) is 2.13. The van der Waals surface area contributed by atoms with Crippen molar-refractivity contribution in [1.29, 1.82) is 0 Å². The van der Waals surface area contributed by atoms with Crippen LogP contribution in [0, 0.1) is 13.8 Å². The van der Waals surface area contributed by atoms with Crippen LogP contribution in [0.15, 0.2) is 6.07 Å². The van der Waals surface area contributed by atoms with E-state index in [2.05, 4.69) is 20.2 Å². The van der Waals surface area contributed by atoms with Crippen LogP contribution in [0.2, 0.25) is 0 Å². The second-order valence-electron chi connectivity index (χ2n) is 5.60. The molecule has 2 saturated heterocycles. The average Bonchev–Trinajstić information content (AvgIpc) is 2.42. The number of amides is 2. The smallest absolute Gasteiger partial charge is 0.317 e. The molecular weight excluding hydrogens is 270 g/mol. The van der Waals surface area contributed by atoms with Crippen LogP contribution in [0.4, 0.5) is 10.7 Å². The summed E-state index contributed by atoms with van der Waals surface area (Å²) in [5, 5.41) is 3.05. The molecule has 2 amide bonds. The molecule has 0 atom stereocenters. The van der Waals surface area contributed by atoms with Gasteiger partial charge in [-0.1, -0.05) is 0 Å². The Morgan fingerprint density at radius 1 is 1.24 bits per heavy atom. The van der Waals surface area contributed by atoms with Crippen LogP contribution in [-0.2, 0) is 4.74 Å². The Kier molecular flexibility index (Phi) is 3.92. The van der Waals surface area contributed by atoms with Gasteiger partial charge in [-0.2, -0.15) is 0 Å². The van der Waals surface area contributed by atoms with E-state index in [0.29, 0.717) is 26.3 Å². The molecule has 0 saturated carbocycles. The van der Waals surface area contributed by atoms with E-state index in [4.69, 9.17) is 4.74 Å². The van der Waals surface area contributed by atoms with Crippen molar-refractivity contribution in [2.45, 2.75) is 19.9 Å². The highest BCUT2D eigenvalue weighted by Crippen LogP contribution is 2.17. The fourth-order valence-corrected chi connectivity index (χ4v) is 2.61. The SMILES string of the molecule is Cc1cc(C)nc(N2CC(NC(=O)N3CCOCC3)C2)n1. The van der Waals surface area contributed by atoms with Gasteiger partial charge in [-0.3, -0.25) is 0 Å². The van der Waals surface area contributed by atoms with E-state index in [1.807, 2.05) is 19.9 Å². The van der Waals surface area contributed by atoms with Crippen molar-refractivity contribution in [1.82, 2.24) is 20.2 Å². The third-order valence-corrected chi connectivity index (χ3v) is 3.76. The van der Waals surface area contributed by atoms with E-state index in [1.54, 1.807) is 4.90 Å². The minimum atomic E-state index is 0.00397. The van der Waals surface area contributed by atoms with Crippen molar-refractivity contribution in [3.8, 4) is 0 Å². The van der Waals surface area contributed by atoms with Gasteiger partial charge in [-0.15, -0.1) is 0 Å². The first kappa shape index (κ1) is 14.1. The molecule has 0 radical (unpaired) electrons. The van der Waals surface area contributed by atoms with Gasteiger partial charge in [0, 0.05) is 37.6 Å². The first-order valence-corrected chi connectivity index (χ1v) is 7.32. The van der Waals surface area contributed by atoms with Gasteiger partial charge >= 0.3 is 6.03 Å². The summed E-state index contributed by atoms with van der Waals surface area (Å²) in [5.41, 5.74) is 1.94. The number of hydrogen-bond donors (Lipinski definition) is 1. The van der Waals surface area contributed by atoms with E-state index in [1.165, 1.54) is 0 Å². The summed E-state index contributed by atoms with van der Waals surface area (Å²) >= 11 is 0. The van der Waals surface area contributed by atoms with E-state index in [9.17, 15) is 4.79 Å². The number of nitrogens with zero attached hydrogens (tertiary/aromatic N) is 4. The molecule has 21 heavy (non-hydrogen) atoms. The quantitative estimate of drug-likeness (QED) is 0.850. The highest BCUT2D eigenvalue weighted by Gasteiger charge is 2.31. The summed E-state index contributed by atoms with van der Waals surface area (Å²) in [6.45, 7) is 8.05. The lowest BCUT2D eigenvalue weighted by atomic mass is 10.1. The predicted molar refractivity (Wildman–Crippen MR) is 78.4 cm³/mol. The Labute approximate surface area is 124 Å². The zero-order valence-electron chi connectivity index (χ0n) is 12.5. The molecule has 2 fully saturated rings. The van der Waals surface area contributed by atoms with Crippen molar-refractivity contribution < 1.29 is 9.53 Å². The van der Waals surface area contributed by atoms with Crippen LogP contribution in [-0.4, -0.2) is 66.3 Å². The fraction of sp³-hybridized carbons (Fsp3) is 0.643. The van der Waals surface area contributed by atoms with Crippen molar-refractivity contribution in [3.05, 3.63) is 17.5 Å². The Hall–Kier alpha value is -1.89. The van der Waals surface area contributed by atoms with Crippen molar-refractivity contribution in [2.24, 2.45) is 0 Å². The molecule has 1 aromatic heterocycles. The summed E-state index contributed by atoms with van der Waals surface area (Å²) in [4.78, 5) is 24.8. The molecule has 7 heteroatoms. The van der Waals surface area contributed by atoms with Crippen molar-refractivity contribution in [2.75, 3.05) is 44.3 Å². The minimum absolute atomic E-state index is 0.00397. The van der Waals surface area contributed by atoms with Crippen LogP contribution in [0.3, 0.4) is 0 Å². The Balaban J connectivity index is 1.50. The molecule has 0 bridgehead atoms. The van der Waals surface area contributed by atoms with Gasteiger partial charge in [-0.05, 0) is 19.9 Å². The molecule has 114 valence electrons. The monoisotopic (exact) mass is 291 g/mol. The molecule has 3 rings (SSSR count). The van der Waals surface area contributed by atoms with Gasteiger partial charge in [0.25, 0.3) is 0 Å². The number of carbonyl (C=O) groups is 1. The van der Waals surface area contributed by atoms with Crippen molar-refractivity contribution >= 4 is 12.0 Å². The lowest BCUT2D eigenvalue weighted by molar-refractivity contribution is 0.0522. The highest BCUT2D eigenvalue weighted by molar-refractivity contribution is 5.75. The molecule has 0 unspecified atom stereocenters. The van der Waals surface area contributed by atoms with Crippen LogP contribution >= 0.6 is 0 Å². The van der Waals surface area contributed by atoms with Crippen LogP contribution in [0.5, 0.6) is 0 Å². The maximum atomic E-state index is 12.1. The van der Waals surface area contributed by atoms with Gasteiger partial charge in [-0.25, -0.2) is 14.8 Å². The Morgan fingerprint density at radius 3 is 2.48 bits per heavy atom. The topological polar surface area (TPSA) is 70.6 Å². The number of rotatable bonds is 2. The third-order valence-electron chi connectivity index (χ3n) is 3.76. The lowest BCUT2D eigenvalue weighted by Crippen LogP contribution is -2.62. The highest BCUT2D eigenvalue weighted by atomic mass is 16.5. The molecule has 0 aromatic carbocycles. The van der Waals surface area contributed by atoms with E-state index in [0.717, 1.165) is 30.4 Å². The molecule has 1 aromatic rings.